The second-order valence-electron chi connectivity index (χ2n) is 4.02. The van der Waals surface area contributed by atoms with Gasteiger partial charge in [-0.1, -0.05) is 13.0 Å². The summed E-state index contributed by atoms with van der Waals surface area (Å²) in [4.78, 5) is 0. The van der Waals surface area contributed by atoms with Gasteiger partial charge in [0, 0.05) is 6.04 Å². The lowest BCUT2D eigenvalue weighted by atomic mass is 10.0. The quantitative estimate of drug-likeness (QED) is 0.793. The highest BCUT2D eigenvalue weighted by molar-refractivity contribution is 5.43. The molecular formula is C14H23NO2. The number of ether oxygens (including phenoxy) is 2. The molecule has 0 aliphatic rings. The third-order valence-electron chi connectivity index (χ3n) is 2.63. The van der Waals surface area contributed by atoms with E-state index < -0.39 is 0 Å². The zero-order valence-electron chi connectivity index (χ0n) is 11.0. The van der Waals surface area contributed by atoms with Crippen molar-refractivity contribution in [2.45, 2.75) is 39.7 Å². The number of hydrogen-bond donors (Lipinski definition) is 1. The molecule has 0 bridgehead atoms. The van der Waals surface area contributed by atoms with Crippen LogP contribution in [0.5, 0.6) is 11.5 Å². The third kappa shape index (κ3) is 4.27. The Kier molecular flexibility index (Phi) is 5.84. The molecule has 1 rings (SSSR count). The molecule has 96 valence electrons. The van der Waals surface area contributed by atoms with Crippen LogP contribution in [-0.2, 0) is 6.42 Å². The highest BCUT2D eigenvalue weighted by atomic mass is 16.5. The molecule has 0 saturated heterocycles. The molecular weight excluding hydrogens is 214 g/mol. The first-order valence-corrected chi connectivity index (χ1v) is 6.35. The minimum absolute atomic E-state index is 0.211. The predicted molar refractivity (Wildman–Crippen MR) is 70.8 cm³/mol. The van der Waals surface area contributed by atoms with Gasteiger partial charge in [-0.2, -0.15) is 0 Å². The van der Waals surface area contributed by atoms with E-state index in [1.165, 1.54) is 5.56 Å². The molecule has 1 aromatic rings. The van der Waals surface area contributed by atoms with Gasteiger partial charge in [0.1, 0.15) is 0 Å². The molecule has 0 aliphatic carbocycles. The first-order valence-electron chi connectivity index (χ1n) is 6.35. The van der Waals surface area contributed by atoms with Crippen LogP contribution in [-0.4, -0.2) is 19.3 Å². The molecule has 0 heterocycles. The van der Waals surface area contributed by atoms with Crippen molar-refractivity contribution in [3.05, 3.63) is 23.8 Å². The summed E-state index contributed by atoms with van der Waals surface area (Å²) in [6, 6.07) is 6.27. The SMILES string of the molecule is CCOc1ccc(C[C@@H](N)CC)cc1OCC. The second kappa shape index (κ2) is 7.17. The monoisotopic (exact) mass is 237 g/mol. The van der Waals surface area contributed by atoms with E-state index in [9.17, 15) is 0 Å². The average molecular weight is 237 g/mol. The normalized spacial score (nSPS) is 12.2. The molecule has 0 aromatic heterocycles. The molecule has 3 nitrogen and oxygen atoms in total. The summed E-state index contributed by atoms with van der Waals surface area (Å²) in [5, 5.41) is 0. The summed E-state index contributed by atoms with van der Waals surface area (Å²) in [6.45, 7) is 7.33. The predicted octanol–water partition coefficient (Wildman–Crippen LogP) is 2.76. The molecule has 0 fully saturated rings. The summed E-state index contributed by atoms with van der Waals surface area (Å²) in [5.74, 6) is 1.62. The van der Waals surface area contributed by atoms with Crippen molar-refractivity contribution in [2.24, 2.45) is 5.73 Å². The number of rotatable bonds is 7. The van der Waals surface area contributed by atoms with E-state index in [0.717, 1.165) is 24.3 Å². The lowest BCUT2D eigenvalue weighted by molar-refractivity contribution is 0.287. The van der Waals surface area contributed by atoms with Crippen LogP contribution in [0, 0.1) is 0 Å². The second-order valence-corrected chi connectivity index (χ2v) is 4.02. The fourth-order valence-corrected chi connectivity index (χ4v) is 1.67. The molecule has 3 heteroatoms. The van der Waals surface area contributed by atoms with E-state index in [1.807, 2.05) is 26.0 Å². The maximum atomic E-state index is 5.95. The number of hydrogen-bond acceptors (Lipinski definition) is 3. The molecule has 17 heavy (non-hydrogen) atoms. The van der Waals surface area contributed by atoms with Crippen molar-refractivity contribution < 1.29 is 9.47 Å². The van der Waals surface area contributed by atoms with E-state index in [1.54, 1.807) is 0 Å². The zero-order valence-corrected chi connectivity index (χ0v) is 11.0. The van der Waals surface area contributed by atoms with Crippen LogP contribution in [0.3, 0.4) is 0 Å². The fourth-order valence-electron chi connectivity index (χ4n) is 1.67. The first kappa shape index (κ1) is 13.8. The van der Waals surface area contributed by atoms with Crippen LogP contribution in [0.4, 0.5) is 0 Å². The van der Waals surface area contributed by atoms with Gasteiger partial charge in [0.15, 0.2) is 11.5 Å². The standard InChI is InChI=1S/C14H23NO2/c1-4-12(15)9-11-7-8-13(16-5-2)14(10-11)17-6-3/h7-8,10,12H,4-6,9,15H2,1-3H3/t12-/m0/s1. The minimum atomic E-state index is 0.211. The Labute approximate surface area is 104 Å². The van der Waals surface area contributed by atoms with Crippen molar-refractivity contribution >= 4 is 0 Å². The Hall–Kier alpha value is -1.22. The third-order valence-corrected chi connectivity index (χ3v) is 2.63. The van der Waals surface area contributed by atoms with Gasteiger partial charge in [0.2, 0.25) is 0 Å². The molecule has 2 N–H and O–H groups in total. The topological polar surface area (TPSA) is 44.5 Å². The molecule has 0 radical (unpaired) electrons. The largest absolute Gasteiger partial charge is 0.490 e. The molecule has 0 saturated carbocycles. The van der Waals surface area contributed by atoms with Gasteiger partial charge in [-0.05, 0) is 44.4 Å². The summed E-state index contributed by atoms with van der Waals surface area (Å²) in [7, 11) is 0. The Morgan fingerprint density at radius 1 is 1.06 bits per heavy atom. The molecule has 0 unspecified atom stereocenters. The Bertz CT molecular complexity index is 339. The molecule has 0 amide bonds. The summed E-state index contributed by atoms with van der Waals surface area (Å²) < 4.78 is 11.1. The van der Waals surface area contributed by atoms with E-state index >= 15 is 0 Å². The van der Waals surface area contributed by atoms with Gasteiger partial charge in [-0.15, -0.1) is 0 Å². The zero-order chi connectivity index (χ0) is 12.7. The van der Waals surface area contributed by atoms with Gasteiger partial charge in [0.25, 0.3) is 0 Å². The lowest BCUT2D eigenvalue weighted by Crippen LogP contribution is -2.21. The van der Waals surface area contributed by atoms with Crippen LogP contribution in [0.25, 0.3) is 0 Å². The summed E-state index contributed by atoms with van der Waals surface area (Å²) in [6.07, 6.45) is 1.86. The van der Waals surface area contributed by atoms with Gasteiger partial charge in [-0.25, -0.2) is 0 Å². The average Bonchev–Trinajstić information content (AvgIpc) is 2.33. The van der Waals surface area contributed by atoms with Gasteiger partial charge < -0.3 is 15.2 Å². The highest BCUT2D eigenvalue weighted by Gasteiger charge is 2.08. The first-order chi connectivity index (χ1) is 8.21. The van der Waals surface area contributed by atoms with Gasteiger partial charge in [0.05, 0.1) is 13.2 Å². The molecule has 1 aromatic carbocycles. The molecule has 0 aliphatic heterocycles. The lowest BCUT2D eigenvalue weighted by Gasteiger charge is -2.14. The number of nitrogens with two attached hydrogens (primary N) is 1. The smallest absolute Gasteiger partial charge is 0.161 e. The summed E-state index contributed by atoms with van der Waals surface area (Å²) >= 11 is 0. The Morgan fingerprint density at radius 2 is 1.71 bits per heavy atom. The van der Waals surface area contributed by atoms with Crippen molar-refractivity contribution in [1.29, 1.82) is 0 Å². The van der Waals surface area contributed by atoms with Crippen molar-refractivity contribution in [3.63, 3.8) is 0 Å². The van der Waals surface area contributed by atoms with E-state index in [-0.39, 0.29) is 6.04 Å². The van der Waals surface area contributed by atoms with Crippen LogP contribution in [0.1, 0.15) is 32.8 Å². The van der Waals surface area contributed by atoms with E-state index in [4.69, 9.17) is 15.2 Å². The van der Waals surface area contributed by atoms with Crippen molar-refractivity contribution in [1.82, 2.24) is 0 Å². The number of benzene rings is 1. The van der Waals surface area contributed by atoms with E-state index in [0.29, 0.717) is 13.2 Å². The maximum Gasteiger partial charge on any atom is 0.161 e. The minimum Gasteiger partial charge on any atom is -0.490 e. The van der Waals surface area contributed by atoms with Crippen molar-refractivity contribution in [2.75, 3.05) is 13.2 Å². The highest BCUT2D eigenvalue weighted by Crippen LogP contribution is 2.28. The molecule has 0 spiro atoms. The maximum absolute atomic E-state index is 5.95. The Balaban J connectivity index is 2.84. The van der Waals surface area contributed by atoms with Crippen LogP contribution in [0.15, 0.2) is 18.2 Å². The van der Waals surface area contributed by atoms with Crippen LogP contribution >= 0.6 is 0 Å². The summed E-state index contributed by atoms with van der Waals surface area (Å²) in [5.41, 5.74) is 7.15. The van der Waals surface area contributed by atoms with Crippen LogP contribution in [0.2, 0.25) is 0 Å². The Morgan fingerprint density at radius 3 is 2.29 bits per heavy atom. The van der Waals surface area contributed by atoms with Crippen molar-refractivity contribution in [3.8, 4) is 11.5 Å². The van der Waals surface area contributed by atoms with Gasteiger partial charge in [-0.3, -0.25) is 0 Å². The molecule has 1 atom stereocenters. The van der Waals surface area contributed by atoms with E-state index in [2.05, 4.69) is 13.0 Å². The van der Waals surface area contributed by atoms with Gasteiger partial charge >= 0.3 is 0 Å². The van der Waals surface area contributed by atoms with Crippen LogP contribution < -0.4 is 15.2 Å². The fraction of sp³-hybridized carbons (Fsp3) is 0.571.